The van der Waals surface area contributed by atoms with Crippen LogP contribution in [-0.2, 0) is 11.3 Å². The van der Waals surface area contributed by atoms with E-state index in [0.717, 1.165) is 3.79 Å². The van der Waals surface area contributed by atoms with Gasteiger partial charge in [-0.15, -0.1) is 11.3 Å². The standard InChI is InChI=1S/C16H18BrN3O2S/c1-10(20(2)9-13-7-8-14(17)23-13)16(22)19-12-5-3-11(4-6-12)15(18)21/h3-8,10H,9H2,1-2H3,(H2,18,21)(H,19,22)/t10-/m0/s1. The monoisotopic (exact) mass is 395 g/mol. The molecule has 0 unspecified atom stereocenters. The van der Waals surface area contributed by atoms with E-state index in [1.807, 2.05) is 31.0 Å². The Morgan fingerprint density at radius 3 is 2.43 bits per heavy atom. The Balaban J connectivity index is 1.94. The predicted octanol–water partition coefficient (Wildman–Crippen LogP) is 3.07. The van der Waals surface area contributed by atoms with Gasteiger partial charge in [0.2, 0.25) is 11.8 Å². The molecule has 0 spiro atoms. The van der Waals surface area contributed by atoms with E-state index in [4.69, 9.17) is 5.73 Å². The first-order chi connectivity index (χ1) is 10.9. The molecule has 0 fully saturated rings. The van der Waals surface area contributed by atoms with E-state index in [-0.39, 0.29) is 11.9 Å². The fourth-order valence-electron chi connectivity index (χ4n) is 1.98. The summed E-state index contributed by atoms with van der Waals surface area (Å²) in [6, 6.07) is 10.3. The molecule has 0 aliphatic heterocycles. The number of benzene rings is 1. The molecule has 0 aliphatic carbocycles. The quantitative estimate of drug-likeness (QED) is 0.788. The minimum atomic E-state index is -0.488. The summed E-state index contributed by atoms with van der Waals surface area (Å²) < 4.78 is 1.08. The number of nitrogens with one attached hydrogen (secondary N) is 1. The van der Waals surface area contributed by atoms with Crippen molar-refractivity contribution >= 4 is 44.8 Å². The first kappa shape index (κ1) is 17.7. The van der Waals surface area contributed by atoms with Crippen molar-refractivity contribution in [3.63, 3.8) is 0 Å². The molecule has 2 rings (SSSR count). The SMILES string of the molecule is C[C@@H](C(=O)Nc1ccc(C(N)=O)cc1)N(C)Cc1ccc(Br)s1. The number of carbonyl (C=O) groups is 2. The molecule has 0 saturated carbocycles. The number of anilines is 1. The number of nitrogens with two attached hydrogens (primary N) is 1. The summed E-state index contributed by atoms with van der Waals surface area (Å²) in [6.45, 7) is 2.56. The average molecular weight is 396 g/mol. The van der Waals surface area contributed by atoms with Crippen molar-refractivity contribution in [2.45, 2.75) is 19.5 Å². The molecule has 5 nitrogen and oxygen atoms in total. The smallest absolute Gasteiger partial charge is 0.248 e. The van der Waals surface area contributed by atoms with E-state index in [1.54, 1.807) is 35.6 Å². The highest BCUT2D eigenvalue weighted by Crippen LogP contribution is 2.23. The van der Waals surface area contributed by atoms with Crippen LogP contribution in [0.5, 0.6) is 0 Å². The molecule has 1 heterocycles. The third kappa shape index (κ3) is 4.89. The van der Waals surface area contributed by atoms with Gasteiger partial charge in [-0.05, 0) is 66.3 Å². The fourth-order valence-corrected chi connectivity index (χ4v) is 3.53. The van der Waals surface area contributed by atoms with Crippen molar-refractivity contribution in [3.8, 4) is 0 Å². The van der Waals surface area contributed by atoms with Gasteiger partial charge in [-0.3, -0.25) is 14.5 Å². The molecule has 1 atom stereocenters. The van der Waals surface area contributed by atoms with Gasteiger partial charge in [-0.25, -0.2) is 0 Å². The first-order valence-corrected chi connectivity index (χ1v) is 8.63. The second kappa shape index (κ2) is 7.72. The highest BCUT2D eigenvalue weighted by molar-refractivity contribution is 9.11. The van der Waals surface area contributed by atoms with E-state index >= 15 is 0 Å². The van der Waals surface area contributed by atoms with E-state index < -0.39 is 5.91 Å². The van der Waals surface area contributed by atoms with Crippen LogP contribution in [0, 0.1) is 0 Å². The number of primary amides is 1. The zero-order chi connectivity index (χ0) is 17.0. The molecule has 122 valence electrons. The molecule has 3 N–H and O–H groups in total. The lowest BCUT2D eigenvalue weighted by molar-refractivity contribution is -0.120. The normalized spacial score (nSPS) is 12.2. The summed E-state index contributed by atoms with van der Waals surface area (Å²) in [6.07, 6.45) is 0. The zero-order valence-electron chi connectivity index (χ0n) is 12.9. The number of hydrogen-bond acceptors (Lipinski definition) is 4. The Morgan fingerprint density at radius 1 is 1.26 bits per heavy atom. The van der Waals surface area contributed by atoms with Crippen molar-refractivity contribution in [3.05, 3.63) is 50.6 Å². The summed E-state index contributed by atoms with van der Waals surface area (Å²) in [4.78, 5) is 26.5. The Labute approximate surface area is 147 Å². The summed E-state index contributed by atoms with van der Waals surface area (Å²) in [7, 11) is 1.91. The van der Waals surface area contributed by atoms with Crippen LogP contribution in [0.3, 0.4) is 0 Å². The fraction of sp³-hybridized carbons (Fsp3) is 0.250. The summed E-state index contributed by atoms with van der Waals surface area (Å²) in [5.74, 6) is -0.590. The van der Waals surface area contributed by atoms with Crippen LogP contribution in [0.15, 0.2) is 40.2 Å². The molecule has 0 saturated heterocycles. The van der Waals surface area contributed by atoms with Crippen LogP contribution in [0.25, 0.3) is 0 Å². The van der Waals surface area contributed by atoms with Crippen molar-refractivity contribution in [1.82, 2.24) is 4.90 Å². The predicted molar refractivity (Wildman–Crippen MR) is 96.5 cm³/mol. The van der Waals surface area contributed by atoms with Crippen LogP contribution in [0.1, 0.15) is 22.2 Å². The molecule has 0 bridgehead atoms. The highest BCUT2D eigenvalue weighted by atomic mass is 79.9. The molecule has 2 aromatic rings. The van der Waals surface area contributed by atoms with Crippen molar-refractivity contribution in [1.29, 1.82) is 0 Å². The number of hydrogen-bond donors (Lipinski definition) is 2. The maximum absolute atomic E-state index is 12.3. The zero-order valence-corrected chi connectivity index (χ0v) is 15.3. The topological polar surface area (TPSA) is 75.4 Å². The minimum Gasteiger partial charge on any atom is -0.366 e. The first-order valence-electron chi connectivity index (χ1n) is 7.02. The maximum atomic E-state index is 12.3. The summed E-state index contributed by atoms with van der Waals surface area (Å²) >= 11 is 5.09. The second-order valence-electron chi connectivity index (χ2n) is 5.23. The van der Waals surface area contributed by atoms with E-state index in [0.29, 0.717) is 17.8 Å². The highest BCUT2D eigenvalue weighted by Gasteiger charge is 2.19. The number of amides is 2. The van der Waals surface area contributed by atoms with Crippen LogP contribution >= 0.6 is 27.3 Å². The van der Waals surface area contributed by atoms with Gasteiger partial charge in [0.15, 0.2) is 0 Å². The van der Waals surface area contributed by atoms with Gasteiger partial charge in [-0.1, -0.05) is 0 Å². The third-order valence-electron chi connectivity index (χ3n) is 3.51. The van der Waals surface area contributed by atoms with Crippen molar-refractivity contribution in [2.75, 3.05) is 12.4 Å². The summed E-state index contributed by atoms with van der Waals surface area (Å²) in [5, 5.41) is 2.84. The lowest BCUT2D eigenvalue weighted by Crippen LogP contribution is -2.39. The molecule has 0 aliphatic rings. The molecule has 23 heavy (non-hydrogen) atoms. The van der Waals surface area contributed by atoms with Crippen LogP contribution < -0.4 is 11.1 Å². The van der Waals surface area contributed by atoms with Crippen LogP contribution in [0.4, 0.5) is 5.69 Å². The van der Waals surface area contributed by atoms with Gasteiger partial charge < -0.3 is 11.1 Å². The van der Waals surface area contributed by atoms with Crippen molar-refractivity contribution < 1.29 is 9.59 Å². The van der Waals surface area contributed by atoms with Crippen LogP contribution in [-0.4, -0.2) is 29.8 Å². The lowest BCUT2D eigenvalue weighted by Gasteiger charge is -2.23. The number of thiophene rings is 1. The number of nitrogens with zero attached hydrogens (tertiary/aromatic N) is 1. The molecular weight excluding hydrogens is 378 g/mol. The second-order valence-corrected chi connectivity index (χ2v) is 7.78. The average Bonchev–Trinajstić information content (AvgIpc) is 2.92. The van der Waals surface area contributed by atoms with Gasteiger partial charge in [0.25, 0.3) is 0 Å². The molecule has 1 aromatic carbocycles. The molecular formula is C16H18BrN3O2S. The molecule has 1 aromatic heterocycles. The van der Waals surface area contributed by atoms with Gasteiger partial charge in [0, 0.05) is 22.7 Å². The number of carbonyl (C=O) groups excluding carboxylic acids is 2. The Morgan fingerprint density at radius 2 is 1.91 bits per heavy atom. The Bertz CT molecular complexity index is 700. The summed E-state index contributed by atoms with van der Waals surface area (Å²) in [5.41, 5.74) is 6.24. The molecule has 7 heteroatoms. The van der Waals surface area contributed by atoms with Gasteiger partial charge in [0.1, 0.15) is 0 Å². The molecule has 2 amide bonds. The van der Waals surface area contributed by atoms with Gasteiger partial charge in [0.05, 0.1) is 9.83 Å². The number of likely N-dealkylation sites (N-methyl/N-ethyl adjacent to an activating group) is 1. The molecule has 0 radical (unpaired) electrons. The maximum Gasteiger partial charge on any atom is 0.248 e. The number of halogens is 1. The third-order valence-corrected chi connectivity index (χ3v) is 5.12. The Hall–Kier alpha value is -1.70. The largest absolute Gasteiger partial charge is 0.366 e. The van der Waals surface area contributed by atoms with E-state index in [2.05, 4.69) is 21.2 Å². The Kier molecular flexibility index (Phi) is 5.92. The van der Waals surface area contributed by atoms with E-state index in [9.17, 15) is 9.59 Å². The van der Waals surface area contributed by atoms with Crippen molar-refractivity contribution in [2.24, 2.45) is 5.73 Å². The minimum absolute atomic E-state index is 0.102. The van der Waals surface area contributed by atoms with Gasteiger partial charge in [-0.2, -0.15) is 0 Å². The van der Waals surface area contributed by atoms with Crippen LogP contribution in [0.2, 0.25) is 0 Å². The number of rotatable bonds is 6. The lowest BCUT2D eigenvalue weighted by atomic mass is 10.2. The van der Waals surface area contributed by atoms with Gasteiger partial charge >= 0.3 is 0 Å². The van der Waals surface area contributed by atoms with E-state index in [1.165, 1.54) is 4.88 Å².